The fourth-order valence-electron chi connectivity index (χ4n) is 3.80. The summed E-state index contributed by atoms with van der Waals surface area (Å²) >= 11 is 0. The Bertz CT molecular complexity index is 1260. The van der Waals surface area contributed by atoms with Crippen LogP contribution in [0.3, 0.4) is 0 Å². The highest BCUT2D eigenvalue weighted by Gasteiger charge is 2.20. The number of amides is 2. The fourth-order valence-corrected chi connectivity index (χ4v) is 3.80. The molecule has 1 aromatic heterocycles. The Morgan fingerprint density at radius 1 is 0.853 bits per heavy atom. The first-order chi connectivity index (χ1) is 16.5. The maximum Gasteiger partial charge on any atom is 0.258 e. The van der Waals surface area contributed by atoms with E-state index in [-0.39, 0.29) is 18.2 Å². The summed E-state index contributed by atoms with van der Waals surface area (Å²) in [5.41, 5.74) is 5.38. The molecule has 0 aliphatic carbocycles. The van der Waals surface area contributed by atoms with Gasteiger partial charge in [0.2, 0.25) is 5.91 Å². The van der Waals surface area contributed by atoms with Crippen LogP contribution < -0.4 is 10.2 Å². The minimum Gasteiger partial charge on any atom is -0.467 e. The lowest BCUT2D eigenvalue weighted by Gasteiger charge is -2.24. The molecule has 5 nitrogen and oxygen atoms in total. The Morgan fingerprint density at radius 2 is 1.65 bits per heavy atom. The summed E-state index contributed by atoms with van der Waals surface area (Å²) in [6.45, 7) is 4.76. The van der Waals surface area contributed by atoms with E-state index in [1.165, 1.54) is 5.56 Å². The van der Waals surface area contributed by atoms with E-state index < -0.39 is 0 Å². The van der Waals surface area contributed by atoms with Gasteiger partial charge < -0.3 is 14.6 Å². The van der Waals surface area contributed by atoms with Gasteiger partial charge in [0.25, 0.3) is 5.91 Å². The van der Waals surface area contributed by atoms with Crippen LogP contribution in [0.5, 0.6) is 0 Å². The molecule has 5 heteroatoms. The summed E-state index contributed by atoms with van der Waals surface area (Å²) in [6, 6.07) is 27.0. The monoisotopic (exact) mass is 452 g/mol. The third kappa shape index (κ3) is 5.81. The van der Waals surface area contributed by atoms with Crippen molar-refractivity contribution in [3.63, 3.8) is 0 Å². The first kappa shape index (κ1) is 23.1. The molecule has 0 atom stereocenters. The van der Waals surface area contributed by atoms with Gasteiger partial charge in [-0.3, -0.25) is 9.59 Å². The maximum atomic E-state index is 13.6. The summed E-state index contributed by atoms with van der Waals surface area (Å²) in [7, 11) is 0. The number of rotatable bonds is 8. The molecule has 1 heterocycles. The number of furan rings is 1. The second-order valence-electron chi connectivity index (χ2n) is 8.39. The number of hydrogen-bond donors (Lipinski definition) is 1. The average molecular weight is 453 g/mol. The van der Waals surface area contributed by atoms with Crippen LogP contribution in [-0.2, 0) is 24.3 Å². The van der Waals surface area contributed by atoms with Gasteiger partial charge in [0, 0.05) is 11.3 Å². The normalized spacial score (nSPS) is 10.6. The molecule has 0 aliphatic rings. The van der Waals surface area contributed by atoms with Crippen LogP contribution in [0.1, 0.15) is 38.4 Å². The van der Waals surface area contributed by atoms with Crippen molar-refractivity contribution in [2.24, 2.45) is 0 Å². The molecule has 0 bridgehead atoms. The highest BCUT2D eigenvalue weighted by molar-refractivity contribution is 6.07. The zero-order valence-corrected chi connectivity index (χ0v) is 19.5. The minimum absolute atomic E-state index is 0.0712. The third-order valence-corrected chi connectivity index (χ3v) is 5.71. The summed E-state index contributed by atoms with van der Waals surface area (Å²) in [5.74, 6) is 0.525. The minimum atomic E-state index is -0.108. The quantitative estimate of drug-likeness (QED) is 0.378. The molecule has 0 spiro atoms. The largest absolute Gasteiger partial charge is 0.467 e. The lowest BCUT2D eigenvalue weighted by Crippen LogP contribution is -2.31. The van der Waals surface area contributed by atoms with Gasteiger partial charge in [0.05, 0.1) is 25.8 Å². The SMILES string of the molecule is Cc1ccc(CN(C(=O)c2ccccc2C)c2cccc(CC(=O)NCc3ccco3)c2)cc1. The molecule has 0 saturated heterocycles. The van der Waals surface area contributed by atoms with Crippen LogP contribution in [0, 0.1) is 13.8 Å². The molecule has 0 aliphatic heterocycles. The van der Waals surface area contributed by atoms with Crippen molar-refractivity contribution in [2.45, 2.75) is 33.4 Å². The van der Waals surface area contributed by atoms with Gasteiger partial charge >= 0.3 is 0 Å². The van der Waals surface area contributed by atoms with Gasteiger partial charge in [-0.15, -0.1) is 0 Å². The predicted octanol–water partition coefficient (Wildman–Crippen LogP) is 5.60. The van der Waals surface area contributed by atoms with Gasteiger partial charge in [0.1, 0.15) is 5.76 Å². The van der Waals surface area contributed by atoms with Crippen molar-refractivity contribution in [1.29, 1.82) is 0 Å². The van der Waals surface area contributed by atoms with E-state index in [1.807, 2.05) is 92.7 Å². The van der Waals surface area contributed by atoms with Crippen molar-refractivity contribution >= 4 is 17.5 Å². The number of nitrogens with one attached hydrogen (secondary N) is 1. The number of nitrogens with zero attached hydrogens (tertiary/aromatic N) is 1. The summed E-state index contributed by atoms with van der Waals surface area (Å²) in [5, 5.41) is 2.87. The highest BCUT2D eigenvalue weighted by atomic mass is 16.3. The van der Waals surface area contributed by atoms with Crippen LogP contribution in [0.2, 0.25) is 0 Å². The lowest BCUT2D eigenvalue weighted by atomic mass is 10.0. The van der Waals surface area contributed by atoms with Crippen LogP contribution >= 0.6 is 0 Å². The molecule has 0 unspecified atom stereocenters. The summed E-state index contributed by atoms with van der Waals surface area (Å²) in [6.07, 6.45) is 1.80. The fraction of sp³-hybridized carbons (Fsp3) is 0.172. The topological polar surface area (TPSA) is 62.6 Å². The number of aryl methyl sites for hydroxylation is 2. The Labute approximate surface area is 200 Å². The number of carbonyl (C=O) groups excluding carboxylic acids is 2. The second kappa shape index (κ2) is 10.7. The van der Waals surface area contributed by atoms with Crippen molar-refractivity contribution in [3.8, 4) is 0 Å². The van der Waals surface area contributed by atoms with Gasteiger partial charge in [-0.2, -0.15) is 0 Å². The number of hydrogen-bond acceptors (Lipinski definition) is 3. The molecule has 3 aromatic carbocycles. The van der Waals surface area contributed by atoms with Crippen molar-refractivity contribution in [2.75, 3.05) is 4.90 Å². The number of benzene rings is 3. The average Bonchev–Trinajstić information content (AvgIpc) is 3.36. The molecule has 1 N–H and O–H groups in total. The van der Waals surface area contributed by atoms with Crippen LogP contribution in [0.4, 0.5) is 5.69 Å². The van der Waals surface area contributed by atoms with E-state index in [0.29, 0.717) is 24.4 Å². The van der Waals surface area contributed by atoms with Gasteiger partial charge in [-0.1, -0.05) is 60.2 Å². The zero-order valence-electron chi connectivity index (χ0n) is 19.5. The predicted molar refractivity (Wildman–Crippen MR) is 134 cm³/mol. The Kier molecular flexibility index (Phi) is 7.23. The molecule has 0 fully saturated rings. The van der Waals surface area contributed by atoms with E-state index in [1.54, 1.807) is 17.2 Å². The number of carbonyl (C=O) groups is 2. The van der Waals surface area contributed by atoms with Crippen molar-refractivity contribution < 1.29 is 14.0 Å². The van der Waals surface area contributed by atoms with Crippen LogP contribution in [0.25, 0.3) is 0 Å². The molecule has 4 aromatic rings. The van der Waals surface area contributed by atoms with Gasteiger partial charge in [-0.05, 0) is 60.9 Å². The molecule has 0 saturated carbocycles. The highest BCUT2D eigenvalue weighted by Crippen LogP contribution is 2.23. The third-order valence-electron chi connectivity index (χ3n) is 5.71. The van der Waals surface area contributed by atoms with Crippen molar-refractivity contribution in [1.82, 2.24) is 5.32 Å². The molecular weight excluding hydrogens is 424 g/mol. The van der Waals surface area contributed by atoms with Gasteiger partial charge in [0.15, 0.2) is 0 Å². The molecule has 34 heavy (non-hydrogen) atoms. The Hall–Kier alpha value is -4.12. The number of anilines is 1. The first-order valence-corrected chi connectivity index (χ1v) is 11.3. The first-order valence-electron chi connectivity index (χ1n) is 11.3. The molecule has 2 amide bonds. The molecule has 0 radical (unpaired) electrons. The van der Waals surface area contributed by atoms with Crippen LogP contribution in [0.15, 0.2) is 95.6 Å². The maximum absolute atomic E-state index is 13.6. The van der Waals surface area contributed by atoms with E-state index in [4.69, 9.17) is 4.42 Å². The van der Waals surface area contributed by atoms with Crippen molar-refractivity contribution in [3.05, 3.63) is 125 Å². The molecule has 4 rings (SSSR count). The van der Waals surface area contributed by atoms with Crippen LogP contribution in [-0.4, -0.2) is 11.8 Å². The van der Waals surface area contributed by atoms with E-state index in [2.05, 4.69) is 5.32 Å². The Morgan fingerprint density at radius 3 is 2.38 bits per heavy atom. The lowest BCUT2D eigenvalue weighted by molar-refractivity contribution is -0.120. The summed E-state index contributed by atoms with van der Waals surface area (Å²) < 4.78 is 5.27. The van der Waals surface area contributed by atoms with E-state index in [0.717, 1.165) is 22.4 Å². The molecule has 172 valence electrons. The van der Waals surface area contributed by atoms with E-state index in [9.17, 15) is 9.59 Å². The molecular formula is C29H28N2O3. The standard InChI is InChI=1S/C29H28N2O3/c1-21-12-14-23(15-13-21)20-31(29(33)27-11-4-3-7-22(27)2)25-9-5-8-24(17-25)18-28(32)30-19-26-10-6-16-34-26/h3-17H,18-20H2,1-2H3,(H,30,32). The van der Waals surface area contributed by atoms with Gasteiger partial charge in [-0.25, -0.2) is 0 Å². The Balaban J connectivity index is 1.57. The smallest absolute Gasteiger partial charge is 0.258 e. The summed E-state index contributed by atoms with van der Waals surface area (Å²) in [4.78, 5) is 27.9. The van der Waals surface area contributed by atoms with E-state index >= 15 is 0 Å². The second-order valence-corrected chi connectivity index (χ2v) is 8.39. The zero-order chi connectivity index (χ0) is 23.9.